The Kier molecular flexibility index (Phi) is 6.60. The maximum atomic E-state index is 12.7. The second-order valence-electron chi connectivity index (χ2n) is 6.30. The van der Waals surface area contributed by atoms with Crippen molar-refractivity contribution in [2.75, 3.05) is 17.2 Å². The van der Waals surface area contributed by atoms with Gasteiger partial charge in [0.1, 0.15) is 0 Å². The molecule has 1 aromatic heterocycles. The van der Waals surface area contributed by atoms with E-state index in [1.54, 1.807) is 55.8 Å². The summed E-state index contributed by atoms with van der Waals surface area (Å²) in [5.74, 6) is -0.749. The molecule has 156 valence electrons. The molecule has 0 aliphatic carbocycles. The van der Waals surface area contributed by atoms with E-state index in [2.05, 4.69) is 20.3 Å². The fourth-order valence-electron chi connectivity index (χ4n) is 2.64. The van der Waals surface area contributed by atoms with E-state index in [4.69, 9.17) is 0 Å². The predicted octanol–water partition coefficient (Wildman–Crippen LogP) is 3.25. The molecular formula is C20H20N4O4S2. The number of anilines is 2. The van der Waals surface area contributed by atoms with Gasteiger partial charge in [0, 0.05) is 34.9 Å². The smallest absolute Gasteiger partial charge is 0.257 e. The number of sulfonamides is 1. The van der Waals surface area contributed by atoms with Gasteiger partial charge < -0.3 is 5.32 Å². The highest BCUT2D eigenvalue weighted by atomic mass is 32.2. The standard InChI is InChI=1S/C20H20N4O4S2/c1-3-22-30(27,28)16-9-4-13(2)17(12-16)19(26)23-15-7-5-14(6-8-15)18(25)24-20-21-10-11-29-20/h4-12,22H,3H2,1-2H3,(H,23,26)(H,21,24,25). The van der Waals surface area contributed by atoms with Gasteiger partial charge in [0.15, 0.2) is 5.13 Å². The Morgan fingerprint density at radius 3 is 2.40 bits per heavy atom. The average Bonchev–Trinajstić information content (AvgIpc) is 3.21. The summed E-state index contributed by atoms with van der Waals surface area (Å²) in [6.45, 7) is 3.66. The van der Waals surface area contributed by atoms with Gasteiger partial charge in [-0.15, -0.1) is 11.3 Å². The lowest BCUT2D eigenvalue weighted by Crippen LogP contribution is -2.24. The van der Waals surface area contributed by atoms with Crippen molar-refractivity contribution in [3.05, 3.63) is 70.7 Å². The first-order valence-corrected chi connectivity index (χ1v) is 11.4. The number of aryl methyl sites for hydroxylation is 1. The summed E-state index contributed by atoms with van der Waals surface area (Å²) < 4.78 is 26.8. The van der Waals surface area contributed by atoms with E-state index in [1.165, 1.54) is 23.5 Å². The molecule has 2 aromatic carbocycles. The quantitative estimate of drug-likeness (QED) is 0.517. The molecule has 2 amide bonds. The van der Waals surface area contributed by atoms with Gasteiger partial charge in [-0.25, -0.2) is 18.1 Å². The van der Waals surface area contributed by atoms with Gasteiger partial charge in [-0.2, -0.15) is 0 Å². The normalized spacial score (nSPS) is 11.1. The summed E-state index contributed by atoms with van der Waals surface area (Å²) in [5.41, 5.74) is 1.78. The lowest BCUT2D eigenvalue weighted by Gasteiger charge is -2.11. The Morgan fingerprint density at radius 2 is 1.77 bits per heavy atom. The van der Waals surface area contributed by atoms with E-state index >= 15 is 0 Å². The van der Waals surface area contributed by atoms with Crippen LogP contribution >= 0.6 is 11.3 Å². The van der Waals surface area contributed by atoms with E-state index in [-0.39, 0.29) is 22.9 Å². The van der Waals surface area contributed by atoms with Crippen LogP contribution < -0.4 is 15.4 Å². The largest absolute Gasteiger partial charge is 0.322 e. The Hall–Kier alpha value is -3.08. The highest BCUT2D eigenvalue weighted by molar-refractivity contribution is 7.89. The van der Waals surface area contributed by atoms with Crippen molar-refractivity contribution in [3.8, 4) is 0 Å². The number of benzene rings is 2. The fourth-order valence-corrected chi connectivity index (χ4v) is 4.23. The van der Waals surface area contributed by atoms with Crippen LogP contribution in [0.1, 0.15) is 33.2 Å². The van der Waals surface area contributed by atoms with Crippen LogP contribution in [0.5, 0.6) is 0 Å². The minimum atomic E-state index is -3.67. The summed E-state index contributed by atoms with van der Waals surface area (Å²) in [6, 6.07) is 10.8. The van der Waals surface area contributed by atoms with Crippen molar-refractivity contribution in [1.29, 1.82) is 0 Å². The molecule has 3 N–H and O–H groups in total. The summed E-state index contributed by atoms with van der Waals surface area (Å²) >= 11 is 1.31. The van der Waals surface area contributed by atoms with Crippen LogP contribution in [0.4, 0.5) is 10.8 Å². The van der Waals surface area contributed by atoms with E-state index in [0.717, 1.165) is 0 Å². The second kappa shape index (κ2) is 9.16. The van der Waals surface area contributed by atoms with Gasteiger partial charge in [-0.1, -0.05) is 13.0 Å². The number of rotatable bonds is 7. The molecule has 0 bridgehead atoms. The number of carbonyl (C=O) groups excluding carboxylic acids is 2. The zero-order valence-corrected chi connectivity index (χ0v) is 17.9. The molecule has 10 heteroatoms. The molecule has 0 aliphatic heterocycles. The minimum absolute atomic E-state index is 0.0225. The number of nitrogens with zero attached hydrogens (tertiary/aromatic N) is 1. The van der Waals surface area contributed by atoms with Gasteiger partial charge in [0.25, 0.3) is 11.8 Å². The van der Waals surface area contributed by atoms with E-state index in [1.807, 2.05) is 0 Å². The third kappa shape index (κ3) is 5.09. The van der Waals surface area contributed by atoms with Crippen molar-refractivity contribution >= 4 is 44.0 Å². The molecule has 0 fully saturated rings. The van der Waals surface area contributed by atoms with Crippen molar-refractivity contribution in [2.45, 2.75) is 18.7 Å². The Balaban J connectivity index is 1.74. The molecule has 0 saturated heterocycles. The number of hydrogen-bond acceptors (Lipinski definition) is 6. The highest BCUT2D eigenvalue weighted by Crippen LogP contribution is 2.19. The summed E-state index contributed by atoms with van der Waals surface area (Å²) in [7, 11) is -3.67. The SMILES string of the molecule is CCNS(=O)(=O)c1ccc(C)c(C(=O)Nc2ccc(C(=O)Nc3nccs3)cc2)c1. The number of thiazole rings is 1. The maximum Gasteiger partial charge on any atom is 0.257 e. The maximum absolute atomic E-state index is 12.7. The summed E-state index contributed by atoms with van der Waals surface area (Å²) in [5, 5.41) is 7.66. The highest BCUT2D eigenvalue weighted by Gasteiger charge is 2.17. The molecule has 0 saturated carbocycles. The molecule has 0 unspecified atom stereocenters. The van der Waals surface area contributed by atoms with Gasteiger partial charge in [0.2, 0.25) is 10.0 Å². The van der Waals surface area contributed by atoms with Crippen LogP contribution in [0, 0.1) is 6.92 Å². The molecule has 0 radical (unpaired) electrons. The monoisotopic (exact) mass is 444 g/mol. The lowest BCUT2D eigenvalue weighted by molar-refractivity contribution is 0.101. The van der Waals surface area contributed by atoms with Gasteiger partial charge in [-0.3, -0.25) is 14.9 Å². The Morgan fingerprint density at radius 1 is 1.03 bits per heavy atom. The minimum Gasteiger partial charge on any atom is -0.322 e. The predicted molar refractivity (Wildman–Crippen MR) is 117 cm³/mol. The van der Waals surface area contributed by atoms with Crippen LogP contribution in [-0.4, -0.2) is 31.8 Å². The third-order valence-corrected chi connectivity index (χ3v) is 6.39. The van der Waals surface area contributed by atoms with Crippen LogP contribution in [0.15, 0.2) is 58.9 Å². The molecule has 0 aliphatic rings. The number of hydrogen-bond donors (Lipinski definition) is 3. The number of amides is 2. The Labute approximate surface area is 178 Å². The van der Waals surface area contributed by atoms with E-state index in [0.29, 0.717) is 21.9 Å². The molecule has 30 heavy (non-hydrogen) atoms. The number of nitrogens with one attached hydrogen (secondary N) is 3. The van der Waals surface area contributed by atoms with Crippen molar-refractivity contribution in [2.24, 2.45) is 0 Å². The fraction of sp³-hybridized carbons (Fsp3) is 0.150. The first kappa shape index (κ1) is 21.6. The van der Waals surface area contributed by atoms with Gasteiger partial charge >= 0.3 is 0 Å². The van der Waals surface area contributed by atoms with Gasteiger partial charge in [-0.05, 0) is 48.9 Å². The van der Waals surface area contributed by atoms with Crippen molar-refractivity contribution in [1.82, 2.24) is 9.71 Å². The number of carbonyl (C=O) groups is 2. The molecule has 3 rings (SSSR count). The van der Waals surface area contributed by atoms with E-state index < -0.39 is 15.9 Å². The average molecular weight is 445 g/mol. The zero-order valence-electron chi connectivity index (χ0n) is 16.3. The summed E-state index contributed by atoms with van der Waals surface area (Å²) in [6.07, 6.45) is 1.60. The Bertz CT molecular complexity index is 1160. The second-order valence-corrected chi connectivity index (χ2v) is 8.96. The molecule has 3 aromatic rings. The topological polar surface area (TPSA) is 117 Å². The lowest BCUT2D eigenvalue weighted by atomic mass is 10.1. The molecule has 1 heterocycles. The van der Waals surface area contributed by atoms with Crippen LogP contribution in [0.2, 0.25) is 0 Å². The molecule has 0 spiro atoms. The number of aromatic nitrogens is 1. The zero-order chi connectivity index (χ0) is 21.7. The van der Waals surface area contributed by atoms with Crippen LogP contribution in [0.3, 0.4) is 0 Å². The molecule has 8 nitrogen and oxygen atoms in total. The third-order valence-electron chi connectivity index (χ3n) is 4.16. The van der Waals surface area contributed by atoms with Crippen LogP contribution in [-0.2, 0) is 10.0 Å². The van der Waals surface area contributed by atoms with Gasteiger partial charge in [0.05, 0.1) is 4.90 Å². The molecular weight excluding hydrogens is 424 g/mol. The van der Waals surface area contributed by atoms with Crippen molar-refractivity contribution in [3.63, 3.8) is 0 Å². The van der Waals surface area contributed by atoms with E-state index in [9.17, 15) is 18.0 Å². The molecule has 0 atom stereocenters. The van der Waals surface area contributed by atoms with Crippen molar-refractivity contribution < 1.29 is 18.0 Å². The van der Waals surface area contributed by atoms with Crippen LogP contribution in [0.25, 0.3) is 0 Å². The first-order chi connectivity index (χ1) is 14.3. The first-order valence-electron chi connectivity index (χ1n) is 9.02. The summed E-state index contributed by atoms with van der Waals surface area (Å²) in [4.78, 5) is 28.9.